The number of amides is 1. The van der Waals surface area contributed by atoms with Gasteiger partial charge >= 0.3 is 0 Å². The van der Waals surface area contributed by atoms with Gasteiger partial charge in [-0.3, -0.25) is 4.79 Å². The number of halogens is 1. The van der Waals surface area contributed by atoms with Crippen LogP contribution in [0, 0.1) is 5.92 Å². The Morgan fingerprint density at radius 1 is 1.37 bits per heavy atom. The first-order valence-electron chi connectivity index (χ1n) is 8.88. The zero-order valence-electron chi connectivity index (χ0n) is 15.3. The van der Waals surface area contributed by atoms with Crippen molar-refractivity contribution in [1.82, 2.24) is 9.62 Å². The summed E-state index contributed by atoms with van der Waals surface area (Å²) in [5, 5.41) is 5.99. The van der Waals surface area contributed by atoms with Crippen molar-refractivity contribution < 1.29 is 22.7 Å². The highest BCUT2D eigenvalue weighted by Gasteiger charge is 2.28. The molecule has 0 aliphatic carbocycles. The fourth-order valence-electron chi connectivity index (χ4n) is 3.10. The van der Waals surface area contributed by atoms with Gasteiger partial charge in [0.25, 0.3) is 0 Å². The molecule has 0 aromatic heterocycles. The molecule has 1 atom stereocenters. The zero-order chi connectivity index (χ0) is 18.6. The van der Waals surface area contributed by atoms with Crippen molar-refractivity contribution >= 4 is 34.0 Å². The van der Waals surface area contributed by atoms with Crippen molar-refractivity contribution in [3.63, 3.8) is 0 Å². The van der Waals surface area contributed by atoms with Gasteiger partial charge in [0.2, 0.25) is 15.9 Å². The lowest BCUT2D eigenvalue weighted by molar-refractivity contribution is -0.119. The molecule has 8 nitrogen and oxygen atoms in total. The lowest BCUT2D eigenvalue weighted by atomic mass is 10.1. The second-order valence-corrected chi connectivity index (χ2v) is 8.22. The maximum atomic E-state index is 12.9. The average Bonchev–Trinajstić information content (AvgIpc) is 3.19. The molecule has 0 radical (unpaired) electrons. The number of nitrogens with zero attached hydrogens (tertiary/aromatic N) is 1. The summed E-state index contributed by atoms with van der Waals surface area (Å²) in [6.45, 7) is 5.11. The van der Waals surface area contributed by atoms with Gasteiger partial charge in [0.15, 0.2) is 0 Å². The Hall–Kier alpha value is -1.39. The highest BCUT2D eigenvalue weighted by molar-refractivity contribution is 7.89. The van der Waals surface area contributed by atoms with E-state index in [9.17, 15) is 13.2 Å². The Kier molecular flexibility index (Phi) is 7.87. The first-order chi connectivity index (χ1) is 12.5. The van der Waals surface area contributed by atoms with Gasteiger partial charge in [0.05, 0.1) is 36.3 Å². The second-order valence-electron chi connectivity index (χ2n) is 6.29. The lowest BCUT2D eigenvalue weighted by Gasteiger charge is -2.26. The fourth-order valence-corrected chi connectivity index (χ4v) is 4.53. The molecule has 2 heterocycles. The molecule has 0 bridgehead atoms. The van der Waals surface area contributed by atoms with Crippen LogP contribution in [0.4, 0.5) is 5.69 Å². The van der Waals surface area contributed by atoms with E-state index in [1.165, 1.54) is 16.4 Å². The quantitative estimate of drug-likeness (QED) is 0.716. The topological polar surface area (TPSA) is 97.0 Å². The van der Waals surface area contributed by atoms with E-state index in [1.54, 1.807) is 6.07 Å². The normalized spacial score (nSPS) is 20.7. The van der Waals surface area contributed by atoms with Crippen molar-refractivity contribution in [2.45, 2.75) is 18.2 Å². The standard InChI is InChI=1S/C17H25N3O5S.ClH/c1-2-25-16-4-3-14(26(22,23)20-7-9-24-10-8-20)11-15(16)19-17(21)13-5-6-18-12-13;/h3-4,11,13,18H,2,5-10,12H2,1H3,(H,19,21);1H. The van der Waals surface area contributed by atoms with Crippen molar-refractivity contribution in [3.8, 4) is 5.75 Å². The van der Waals surface area contributed by atoms with Crippen molar-refractivity contribution in [3.05, 3.63) is 18.2 Å². The van der Waals surface area contributed by atoms with Gasteiger partial charge in [0.1, 0.15) is 5.75 Å². The maximum Gasteiger partial charge on any atom is 0.243 e. The molecule has 10 heteroatoms. The van der Waals surface area contributed by atoms with Gasteiger partial charge in [0, 0.05) is 19.6 Å². The predicted octanol–water partition coefficient (Wildman–Crippen LogP) is 1.08. The lowest BCUT2D eigenvalue weighted by Crippen LogP contribution is -2.40. The molecule has 2 aliphatic heterocycles. The molecule has 1 aromatic rings. The van der Waals surface area contributed by atoms with E-state index in [2.05, 4.69) is 10.6 Å². The van der Waals surface area contributed by atoms with E-state index in [4.69, 9.17) is 9.47 Å². The summed E-state index contributed by atoms with van der Waals surface area (Å²) in [6, 6.07) is 4.60. The van der Waals surface area contributed by atoms with Crippen LogP contribution in [0.5, 0.6) is 5.75 Å². The third-order valence-corrected chi connectivity index (χ3v) is 6.44. The number of morpholine rings is 1. The number of hydrogen-bond donors (Lipinski definition) is 2. The van der Waals surface area contributed by atoms with E-state index in [-0.39, 0.29) is 29.1 Å². The van der Waals surface area contributed by atoms with Crippen LogP contribution in [0.15, 0.2) is 23.1 Å². The third kappa shape index (κ3) is 5.11. The van der Waals surface area contributed by atoms with E-state index in [0.717, 1.165) is 13.0 Å². The summed E-state index contributed by atoms with van der Waals surface area (Å²) in [5.41, 5.74) is 0.387. The van der Waals surface area contributed by atoms with E-state index in [0.29, 0.717) is 50.9 Å². The Balaban J connectivity index is 0.00000261. The van der Waals surface area contributed by atoms with Crippen LogP contribution < -0.4 is 15.4 Å². The molecule has 2 fully saturated rings. The monoisotopic (exact) mass is 419 g/mol. The molecular formula is C17H26ClN3O5S. The van der Waals surface area contributed by atoms with Gasteiger partial charge < -0.3 is 20.1 Å². The minimum absolute atomic E-state index is 0. The highest BCUT2D eigenvalue weighted by atomic mass is 35.5. The van der Waals surface area contributed by atoms with Crippen LogP contribution >= 0.6 is 12.4 Å². The number of carbonyl (C=O) groups excluding carboxylic acids is 1. The number of carbonyl (C=O) groups is 1. The van der Waals surface area contributed by atoms with Gasteiger partial charge in [-0.1, -0.05) is 0 Å². The molecule has 152 valence electrons. The van der Waals surface area contributed by atoms with E-state index in [1.807, 2.05) is 6.92 Å². The molecule has 0 spiro atoms. The average molecular weight is 420 g/mol. The molecule has 2 saturated heterocycles. The van der Waals surface area contributed by atoms with Crippen molar-refractivity contribution in [1.29, 1.82) is 0 Å². The minimum Gasteiger partial charge on any atom is -0.492 e. The van der Waals surface area contributed by atoms with Gasteiger partial charge in [-0.15, -0.1) is 12.4 Å². The SMILES string of the molecule is CCOc1ccc(S(=O)(=O)N2CCOCC2)cc1NC(=O)C1CCNC1.Cl. The number of hydrogen-bond acceptors (Lipinski definition) is 6. The van der Waals surface area contributed by atoms with Crippen LogP contribution in [-0.2, 0) is 19.6 Å². The number of anilines is 1. The Morgan fingerprint density at radius 3 is 2.74 bits per heavy atom. The smallest absolute Gasteiger partial charge is 0.243 e. The van der Waals surface area contributed by atoms with Crippen LogP contribution in [0.2, 0.25) is 0 Å². The Labute approximate surface area is 166 Å². The number of rotatable bonds is 6. The summed E-state index contributed by atoms with van der Waals surface area (Å²) in [6.07, 6.45) is 0.765. The molecule has 2 aliphatic rings. The van der Waals surface area contributed by atoms with E-state index >= 15 is 0 Å². The number of benzene rings is 1. The van der Waals surface area contributed by atoms with E-state index < -0.39 is 10.0 Å². The van der Waals surface area contributed by atoms with Crippen molar-refractivity contribution in [2.24, 2.45) is 5.92 Å². The second kappa shape index (κ2) is 9.70. The molecule has 2 N–H and O–H groups in total. The molecular weight excluding hydrogens is 394 g/mol. The summed E-state index contributed by atoms with van der Waals surface area (Å²) in [4.78, 5) is 12.6. The largest absolute Gasteiger partial charge is 0.492 e. The Bertz CT molecular complexity index is 747. The molecule has 1 amide bonds. The fraction of sp³-hybridized carbons (Fsp3) is 0.588. The highest BCUT2D eigenvalue weighted by Crippen LogP contribution is 2.30. The molecule has 0 saturated carbocycles. The molecule has 27 heavy (non-hydrogen) atoms. The van der Waals surface area contributed by atoms with Crippen LogP contribution in [0.3, 0.4) is 0 Å². The van der Waals surface area contributed by atoms with Crippen LogP contribution in [0.1, 0.15) is 13.3 Å². The summed E-state index contributed by atoms with van der Waals surface area (Å²) in [7, 11) is -3.64. The van der Waals surface area contributed by atoms with Crippen LogP contribution in [0.25, 0.3) is 0 Å². The molecule has 1 aromatic carbocycles. The minimum atomic E-state index is -3.64. The number of sulfonamides is 1. The third-order valence-electron chi connectivity index (χ3n) is 4.55. The summed E-state index contributed by atoms with van der Waals surface area (Å²) >= 11 is 0. The first kappa shape index (κ1) is 21.9. The van der Waals surface area contributed by atoms with Gasteiger partial charge in [-0.2, -0.15) is 4.31 Å². The first-order valence-corrected chi connectivity index (χ1v) is 10.3. The predicted molar refractivity (Wildman–Crippen MR) is 104 cm³/mol. The zero-order valence-corrected chi connectivity index (χ0v) is 16.9. The number of nitrogens with one attached hydrogen (secondary N) is 2. The van der Waals surface area contributed by atoms with Gasteiger partial charge in [-0.25, -0.2) is 8.42 Å². The number of ether oxygens (including phenoxy) is 2. The molecule has 1 unspecified atom stereocenters. The van der Waals surface area contributed by atoms with Crippen molar-refractivity contribution in [2.75, 3.05) is 51.3 Å². The maximum absolute atomic E-state index is 12.9. The van der Waals surface area contributed by atoms with Crippen LogP contribution in [-0.4, -0.2) is 64.6 Å². The summed E-state index contributed by atoms with van der Waals surface area (Å²) < 4.78 is 37.9. The molecule has 3 rings (SSSR count). The van der Waals surface area contributed by atoms with Gasteiger partial charge in [-0.05, 0) is 38.1 Å². The summed E-state index contributed by atoms with van der Waals surface area (Å²) in [5.74, 6) is 0.216. The Morgan fingerprint density at radius 2 is 2.11 bits per heavy atom.